The Morgan fingerprint density at radius 1 is 1.47 bits per heavy atom. The van der Waals surface area contributed by atoms with E-state index in [1.54, 1.807) is 13.8 Å². The van der Waals surface area contributed by atoms with Crippen molar-refractivity contribution in [3.05, 3.63) is 29.3 Å². The number of benzene rings is 1. The molecule has 0 saturated heterocycles. The number of rotatable bonds is 2. The maximum absolute atomic E-state index is 11.1. The smallest absolute Gasteiger partial charge is 0.313 e. The largest absolute Gasteiger partial charge is 0.493 e. The fourth-order valence-electron chi connectivity index (χ4n) is 1.68. The number of hydrogen-bond acceptors (Lipinski definition) is 2. The van der Waals surface area contributed by atoms with Gasteiger partial charge in [0.15, 0.2) is 0 Å². The molecule has 1 aromatic carbocycles. The number of hydrogen-bond donors (Lipinski definition) is 1. The molecule has 15 heavy (non-hydrogen) atoms. The summed E-state index contributed by atoms with van der Waals surface area (Å²) in [4.78, 5) is 11.1. The Labute approximate surface area is 88.7 Å². The Hall–Kier alpha value is -1.51. The van der Waals surface area contributed by atoms with Gasteiger partial charge in [0, 0.05) is 6.42 Å². The van der Waals surface area contributed by atoms with Gasteiger partial charge >= 0.3 is 5.97 Å². The van der Waals surface area contributed by atoms with E-state index in [1.165, 1.54) is 5.56 Å². The molecular weight excluding hydrogens is 192 g/mol. The molecular formula is C12H14O3. The number of fused-ring (bicyclic) bond motifs is 1. The van der Waals surface area contributed by atoms with Gasteiger partial charge in [-0.1, -0.05) is 12.1 Å². The molecule has 1 N–H and O–H groups in total. The van der Waals surface area contributed by atoms with Gasteiger partial charge in [0.1, 0.15) is 5.75 Å². The van der Waals surface area contributed by atoms with Gasteiger partial charge in [-0.25, -0.2) is 0 Å². The molecule has 0 amide bonds. The quantitative estimate of drug-likeness (QED) is 0.804. The summed E-state index contributed by atoms with van der Waals surface area (Å²) in [7, 11) is 0. The molecule has 2 rings (SSSR count). The number of ether oxygens (including phenoxy) is 1. The molecule has 1 aliphatic rings. The van der Waals surface area contributed by atoms with Crippen molar-refractivity contribution in [1.82, 2.24) is 0 Å². The lowest BCUT2D eigenvalue weighted by Gasteiger charge is -2.20. The highest BCUT2D eigenvalue weighted by Crippen LogP contribution is 2.32. The van der Waals surface area contributed by atoms with E-state index < -0.39 is 11.4 Å². The Kier molecular flexibility index (Phi) is 2.18. The third kappa shape index (κ3) is 1.58. The summed E-state index contributed by atoms with van der Waals surface area (Å²) in [5, 5.41) is 9.10. The summed E-state index contributed by atoms with van der Waals surface area (Å²) in [6.45, 7) is 4.10. The highest BCUT2D eigenvalue weighted by atomic mass is 16.5. The summed E-state index contributed by atoms with van der Waals surface area (Å²) in [6, 6.07) is 5.68. The van der Waals surface area contributed by atoms with Crippen molar-refractivity contribution in [2.24, 2.45) is 0 Å². The van der Waals surface area contributed by atoms with Gasteiger partial charge < -0.3 is 9.84 Å². The Morgan fingerprint density at radius 3 is 2.87 bits per heavy atom. The van der Waals surface area contributed by atoms with Crippen molar-refractivity contribution < 1.29 is 14.6 Å². The lowest BCUT2D eigenvalue weighted by atomic mass is 9.84. The molecule has 0 bridgehead atoms. The van der Waals surface area contributed by atoms with Crippen LogP contribution in [-0.4, -0.2) is 17.7 Å². The highest BCUT2D eigenvalue weighted by molar-refractivity contribution is 5.80. The van der Waals surface area contributed by atoms with Crippen LogP contribution < -0.4 is 4.74 Å². The third-order valence-electron chi connectivity index (χ3n) is 2.95. The normalized spacial score (nSPS) is 14.5. The van der Waals surface area contributed by atoms with Crippen molar-refractivity contribution >= 4 is 5.97 Å². The van der Waals surface area contributed by atoms with Crippen LogP contribution in [0.15, 0.2) is 18.2 Å². The first kappa shape index (κ1) is 10.0. The average Bonchev–Trinajstić information content (AvgIpc) is 2.63. The predicted octanol–water partition coefficient (Wildman–Crippen LogP) is 1.98. The zero-order chi connectivity index (χ0) is 11.1. The molecule has 1 aliphatic heterocycles. The van der Waals surface area contributed by atoms with E-state index in [0.717, 1.165) is 17.7 Å². The van der Waals surface area contributed by atoms with Crippen LogP contribution in [0, 0.1) is 0 Å². The first-order chi connectivity index (χ1) is 7.01. The Balaban J connectivity index is 2.42. The summed E-state index contributed by atoms with van der Waals surface area (Å²) < 4.78 is 5.42. The first-order valence-electron chi connectivity index (χ1n) is 5.01. The van der Waals surface area contributed by atoms with E-state index in [9.17, 15) is 4.79 Å². The molecule has 0 fully saturated rings. The standard InChI is InChI=1S/C12H14O3/c1-12(2,11(13)14)9-4-3-8-5-6-15-10(8)7-9/h3-4,7H,5-6H2,1-2H3,(H,13,14). The van der Waals surface area contributed by atoms with Crippen molar-refractivity contribution in [2.75, 3.05) is 6.61 Å². The minimum absolute atomic E-state index is 0.701. The summed E-state index contributed by atoms with van der Waals surface area (Å²) in [6.07, 6.45) is 0.920. The molecule has 0 radical (unpaired) electrons. The molecule has 1 heterocycles. The first-order valence-corrected chi connectivity index (χ1v) is 5.01. The average molecular weight is 206 g/mol. The molecule has 0 aromatic heterocycles. The molecule has 0 atom stereocenters. The highest BCUT2D eigenvalue weighted by Gasteiger charge is 2.30. The molecule has 0 spiro atoms. The van der Waals surface area contributed by atoms with Crippen LogP contribution in [0.2, 0.25) is 0 Å². The van der Waals surface area contributed by atoms with Crippen LogP contribution in [0.3, 0.4) is 0 Å². The van der Waals surface area contributed by atoms with Crippen molar-refractivity contribution in [2.45, 2.75) is 25.7 Å². The van der Waals surface area contributed by atoms with E-state index in [-0.39, 0.29) is 0 Å². The molecule has 3 heteroatoms. The number of carbonyl (C=O) groups is 1. The summed E-state index contributed by atoms with van der Waals surface area (Å²) in [5.41, 5.74) is 1.09. The third-order valence-corrected chi connectivity index (χ3v) is 2.95. The topological polar surface area (TPSA) is 46.5 Å². The number of aliphatic carboxylic acids is 1. The second kappa shape index (κ2) is 3.26. The Bertz CT molecular complexity index is 407. The maximum atomic E-state index is 11.1. The minimum Gasteiger partial charge on any atom is -0.493 e. The number of carboxylic acids is 1. The van der Waals surface area contributed by atoms with Crippen LogP contribution >= 0.6 is 0 Å². The maximum Gasteiger partial charge on any atom is 0.313 e. The molecule has 3 nitrogen and oxygen atoms in total. The van der Waals surface area contributed by atoms with Crippen LogP contribution in [-0.2, 0) is 16.6 Å². The van der Waals surface area contributed by atoms with Crippen LogP contribution in [0.4, 0.5) is 0 Å². The molecule has 80 valence electrons. The summed E-state index contributed by atoms with van der Waals surface area (Å²) in [5.74, 6) is 0.0160. The predicted molar refractivity (Wildman–Crippen MR) is 56.3 cm³/mol. The number of carboxylic acid groups (broad SMARTS) is 1. The van der Waals surface area contributed by atoms with E-state index in [0.29, 0.717) is 6.61 Å². The van der Waals surface area contributed by atoms with Crippen LogP contribution in [0.1, 0.15) is 25.0 Å². The van der Waals surface area contributed by atoms with Crippen LogP contribution in [0.25, 0.3) is 0 Å². The van der Waals surface area contributed by atoms with Crippen molar-refractivity contribution in [3.8, 4) is 5.75 Å². The minimum atomic E-state index is -0.860. The van der Waals surface area contributed by atoms with Gasteiger partial charge in [0.05, 0.1) is 12.0 Å². The Morgan fingerprint density at radius 2 is 2.20 bits per heavy atom. The van der Waals surface area contributed by atoms with Gasteiger partial charge in [-0.05, 0) is 31.0 Å². The fraction of sp³-hybridized carbons (Fsp3) is 0.417. The second-order valence-electron chi connectivity index (χ2n) is 4.35. The van der Waals surface area contributed by atoms with Gasteiger partial charge in [-0.2, -0.15) is 0 Å². The van der Waals surface area contributed by atoms with Crippen LogP contribution in [0.5, 0.6) is 5.75 Å². The molecule has 0 unspecified atom stereocenters. The molecule has 1 aromatic rings. The lowest BCUT2D eigenvalue weighted by Crippen LogP contribution is -2.28. The van der Waals surface area contributed by atoms with E-state index in [1.807, 2.05) is 18.2 Å². The summed E-state index contributed by atoms with van der Waals surface area (Å²) >= 11 is 0. The van der Waals surface area contributed by atoms with E-state index in [4.69, 9.17) is 9.84 Å². The van der Waals surface area contributed by atoms with Gasteiger partial charge in [-0.3, -0.25) is 4.79 Å². The van der Waals surface area contributed by atoms with Crippen molar-refractivity contribution in [1.29, 1.82) is 0 Å². The molecule has 0 aliphatic carbocycles. The van der Waals surface area contributed by atoms with E-state index in [2.05, 4.69) is 0 Å². The zero-order valence-electron chi connectivity index (χ0n) is 8.91. The monoisotopic (exact) mass is 206 g/mol. The van der Waals surface area contributed by atoms with Crippen molar-refractivity contribution in [3.63, 3.8) is 0 Å². The lowest BCUT2D eigenvalue weighted by molar-refractivity contribution is -0.142. The molecule has 0 saturated carbocycles. The zero-order valence-corrected chi connectivity index (χ0v) is 8.91. The van der Waals surface area contributed by atoms with Gasteiger partial charge in [-0.15, -0.1) is 0 Å². The van der Waals surface area contributed by atoms with Gasteiger partial charge in [0.2, 0.25) is 0 Å². The SMILES string of the molecule is CC(C)(C(=O)O)c1ccc2c(c1)OCC2. The fourth-order valence-corrected chi connectivity index (χ4v) is 1.68. The van der Waals surface area contributed by atoms with E-state index >= 15 is 0 Å². The van der Waals surface area contributed by atoms with Gasteiger partial charge in [0.25, 0.3) is 0 Å². The second-order valence-corrected chi connectivity index (χ2v) is 4.35.